The maximum atomic E-state index is 13.6. The minimum atomic E-state index is -0.239. The monoisotopic (exact) mass is 273 g/mol. The summed E-state index contributed by atoms with van der Waals surface area (Å²) in [5, 5.41) is 3.42. The Morgan fingerprint density at radius 3 is 2.80 bits per heavy atom. The standard InChI is InChI=1S/C16H20FN3/c1-3-7-20-16(14-10-19-8-6-15(14)18)13-9-12(17)5-4-11(13)2/h4-6,8-10,16,20H,3,7H2,1-2H3,(H2,18,19). The number of aromatic nitrogens is 1. The normalized spacial score (nSPS) is 12.3. The van der Waals surface area contributed by atoms with E-state index < -0.39 is 0 Å². The van der Waals surface area contributed by atoms with E-state index in [1.54, 1.807) is 30.6 Å². The van der Waals surface area contributed by atoms with E-state index >= 15 is 0 Å². The first kappa shape index (κ1) is 14.5. The second kappa shape index (κ2) is 6.48. The summed E-state index contributed by atoms with van der Waals surface area (Å²) < 4.78 is 13.6. The molecule has 0 aliphatic heterocycles. The molecule has 1 aromatic carbocycles. The van der Waals surface area contributed by atoms with Gasteiger partial charge in [0, 0.05) is 23.6 Å². The van der Waals surface area contributed by atoms with Gasteiger partial charge in [-0.25, -0.2) is 4.39 Å². The lowest BCUT2D eigenvalue weighted by Crippen LogP contribution is -2.25. The molecule has 0 aliphatic rings. The van der Waals surface area contributed by atoms with Crippen LogP contribution in [-0.2, 0) is 0 Å². The highest BCUT2D eigenvalue weighted by molar-refractivity contribution is 5.50. The molecule has 0 spiro atoms. The molecular formula is C16H20FN3. The second-order valence-electron chi connectivity index (χ2n) is 4.89. The van der Waals surface area contributed by atoms with Gasteiger partial charge in [0.15, 0.2) is 0 Å². The molecule has 2 aromatic rings. The Morgan fingerprint density at radius 2 is 2.10 bits per heavy atom. The summed E-state index contributed by atoms with van der Waals surface area (Å²) in [7, 11) is 0. The Bertz CT molecular complexity index is 584. The minimum Gasteiger partial charge on any atom is -0.398 e. The first-order valence-corrected chi connectivity index (χ1v) is 6.82. The van der Waals surface area contributed by atoms with Crippen molar-refractivity contribution in [3.05, 3.63) is 59.2 Å². The lowest BCUT2D eigenvalue weighted by molar-refractivity contribution is 0.583. The van der Waals surface area contributed by atoms with Gasteiger partial charge in [-0.1, -0.05) is 13.0 Å². The Kier molecular flexibility index (Phi) is 4.69. The summed E-state index contributed by atoms with van der Waals surface area (Å²) in [5.74, 6) is -0.239. The zero-order valence-electron chi connectivity index (χ0n) is 11.9. The molecule has 3 nitrogen and oxygen atoms in total. The maximum Gasteiger partial charge on any atom is 0.123 e. The van der Waals surface area contributed by atoms with Crippen molar-refractivity contribution < 1.29 is 4.39 Å². The number of halogens is 1. The highest BCUT2D eigenvalue weighted by atomic mass is 19.1. The Balaban J connectivity index is 2.47. The first-order chi connectivity index (χ1) is 9.63. The van der Waals surface area contributed by atoms with Crippen LogP contribution in [0, 0.1) is 12.7 Å². The third-order valence-electron chi connectivity index (χ3n) is 3.35. The van der Waals surface area contributed by atoms with E-state index in [2.05, 4.69) is 17.2 Å². The summed E-state index contributed by atoms with van der Waals surface area (Å²) >= 11 is 0. The van der Waals surface area contributed by atoms with Gasteiger partial charge in [0.2, 0.25) is 0 Å². The van der Waals surface area contributed by atoms with Gasteiger partial charge in [0.1, 0.15) is 5.82 Å². The fourth-order valence-electron chi connectivity index (χ4n) is 2.26. The molecule has 1 unspecified atom stereocenters. The summed E-state index contributed by atoms with van der Waals surface area (Å²) in [6.07, 6.45) is 4.40. The number of rotatable bonds is 5. The van der Waals surface area contributed by atoms with Gasteiger partial charge in [-0.2, -0.15) is 0 Å². The van der Waals surface area contributed by atoms with Gasteiger partial charge in [0.25, 0.3) is 0 Å². The van der Waals surface area contributed by atoms with Gasteiger partial charge in [-0.3, -0.25) is 4.98 Å². The average Bonchev–Trinajstić information content (AvgIpc) is 2.44. The van der Waals surface area contributed by atoms with E-state index in [9.17, 15) is 4.39 Å². The van der Waals surface area contributed by atoms with Gasteiger partial charge < -0.3 is 11.1 Å². The van der Waals surface area contributed by atoms with E-state index in [-0.39, 0.29) is 11.9 Å². The molecular weight excluding hydrogens is 253 g/mol. The Morgan fingerprint density at radius 1 is 1.30 bits per heavy atom. The van der Waals surface area contributed by atoms with Gasteiger partial charge in [-0.15, -0.1) is 0 Å². The van der Waals surface area contributed by atoms with Crippen molar-refractivity contribution in [3.63, 3.8) is 0 Å². The van der Waals surface area contributed by atoms with Crippen molar-refractivity contribution in [1.29, 1.82) is 0 Å². The number of anilines is 1. The molecule has 20 heavy (non-hydrogen) atoms. The van der Waals surface area contributed by atoms with Crippen LogP contribution >= 0.6 is 0 Å². The first-order valence-electron chi connectivity index (χ1n) is 6.82. The molecule has 2 rings (SSSR count). The molecule has 0 bridgehead atoms. The molecule has 0 saturated carbocycles. The van der Waals surface area contributed by atoms with Crippen LogP contribution in [0.25, 0.3) is 0 Å². The average molecular weight is 273 g/mol. The van der Waals surface area contributed by atoms with Crippen LogP contribution in [0.3, 0.4) is 0 Å². The molecule has 106 valence electrons. The highest BCUT2D eigenvalue weighted by Gasteiger charge is 2.18. The lowest BCUT2D eigenvalue weighted by atomic mass is 9.95. The predicted molar refractivity (Wildman–Crippen MR) is 79.9 cm³/mol. The van der Waals surface area contributed by atoms with E-state index in [1.165, 1.54) is 6.07 Å². The minimum absolute atomic E-state index is 0.139. The summed E-state index contributed by atoms with van der Waals surface area (Å²) in [5.41, 5.74) is 9.52. The third kappa shape index (κ3) is 3.14. The van der Waals surface area contributed by atoms with Gasteiger partial charge in [-0.05, 0) is 49.2 Å². The molecule has 1 atom stereocenters. The SMILES string of the molecule is CCCNC(c1cc(F)ccc1C)c1cnccc1N. The van der Waals surface area contributed by atoms with E-state index in [1.807, 2.05) is 6.92 Å². The lowest BCUT2D eigenvalue weighted by Gasteiger charge is -2.22. The number of benzene rings is 1. The molecule has 1 heterocycles. The van der Waals surface area contributed by atoms with Gasteiger partial charge in [0.05, 0.1) is 6.04 Å². The number of pyridine rings is 1. The highest BCUT2D eigenvalue weighted by Crippen LogP contribution is 2.28. The van der Waals surface area contributed by atoms with Crippen LogP contribution in [-0.4, -0.2) is 11.5 Å². The molecule has 0 saturated heterocycles. The van der Waals surface area contributed by atoms with Crippen molar-refractivity contribution in [2.24, 2.45) is 0 Å². The van der Waals surface area contributed by atoms with Crippen LogP contribution < -0.4 is 11.1 Å². The summed E-state index contributed by atoms with van der Waals surface area (Å²) in [6.45, 7) is 4.89. The molecule has 0 fully saturated rings. The largest absolute Gasteiger partial charge is 0.398 e. The topological polar surface area (TPSA) is 50.9 Å². The molecule has 3 N–H and O–H groups in total. The zero-order chi connectivity index (χ0) is 14.5. The molecule has 1 aromatic heterocycles. The Labute approximate surface area is 119 Å². The van der Waals surface area contributed by atoms with Crippen LogP contribution in [0.15, 0.2) is 36.7 Å². The fraction of sp³-hybridized carbons (Fsp3) is 0.312. The van der Waals surface area contributed by atoms with E-state index in [4.69, 9.17) is 5.73 Å². The number of hydrogen-bond acceptors (Lipinski definition) is 3. The van der Waals surface area contributed by atoms with Crippen molar-refractivity contribution in [2.45, 2.75) is 26.3 Å². The number of hydrogen-bond donors (Lipinski definition) is 2. The van der Waals surface area contributed by atoms with Crippen molar-refractivity contribution in [1.82, 2.24) is 10.3 Å². The predicted octanol–water partition coefficient (Wildman–Crippen LogP) is 3.20. The fourth-order valence-corrected chi connectivity index (χ4v) is 2.26. The van der Waals surface area contributed by atoms with Crippen LogP contribution in [0.1, 0.15) is 36.1 Å². The number of nitrogens with zero attached hydrogens (tertiary/aromatic N) is 1. The molecule has 0 radical (unpaired) electrons. The van der Waals surface area contributed by atoms with Crippen LogP contribution in [0.4, 0.5) is 10.1 Å². The molecule has 0 amide bonds. The summed E-state index contributed by atoms with van der Waals surface area (Å²) in [6, 6.07) is 6.46. The maximum absolute atomic E-state index is 13.6. The Hall–Kier alpha value is -1.94. The number of nitrogens with one attached hydrogen (secondary N) is 1. The number of aryl methyl sites for hydroxylation is 1. The second-order valence-corrected chi connectivity index (χ2v) is 4.89. The zero-order valence-corrected chi connectivity index (χ0v) is 11.9. The van der Waals surface area contributed by atoms with Gasteiger partial charge >= 0.3 is 0 Å². The van der Waals surface area contributed by atoms with E-state index in [0.717, 1.165) is 29.7 Å². The quantitative estimate of drug-likeness (QED) is 0.879. The van der Waals surface area contributed by atoms with E-state index in [0.29, 0.717) is 5.69 Å². The van der Waals surface area contributed by atoms with Crippen molar-refractivity contribution in [2.75, 3.05) is 12.3 Å². The molecule has 4 heteroatoms. The van der Waals surface area contributed by atoms with Crippen molar-refractivity contribution >= 4 is 5.69 Å². The number of nitrogens with two attached hydrogens (primary N) is 1. The number of nitrogen functional groups attached to an aromatic ring is 1. The molecule has 0 aliphatic carbocycles. The smallest absolute Gasteiger partial charge is 0.123 e. The summed E-state index contributed by atoms with van der Waals surface area (Å²) in [4.78, 5) is 4.14. The van der Waals surface area contributed by atoms with Crippen LogP contribution in [0.2, 0.25) is 0 Å². The third-order valence-corrected chi connectivity index (χ3v) is 3.35. The van der Waals surface area contributed by atoms with Crippen molar-refractivity contribution in [3.8, 4) is 0 Å². The van der Waals surface area contributed by atoms with Crippen LogP contribution in [0.5, 0.6) is 0 Å².